The first-order valence-corrected chi connectivity index (χ1v) is 7.38. The molecule has 1 aliphatic rings. The van der Waals surface area contributed by atoms with Gasteiger partial charge in [0.2, 0.25) is 0 Å². The number of hydrogen-bond acceptors (Lipinski definition) is 5. The molecule has 0 spiro atoms. The maximum atomic E-state index is 12.6. The van der Waals surface area contributed by atoms with Crippen LogP contribution in [0.1, 0.15) is 12.7 Å². The summed E-state index contributed by atoms with van der Waals surface area (Å²) in [7, 11) is 0. The molecule has 22 heavy (non-hydrogen) atoms. The van der Waals surface area contributed by atoms with Crippen LogP contribution < -0.4 is 5.56 Å². The second kappa shape index (κ2) is 6.26. The summed E-state index contributed by atoms with van der Waals surface area (Å²) in [5.74, 6) is 0.638. The Morgan fingerprint density at radius 2 is 2.27 bits per heavy atom. The number of morpholine rings is 1. The van der Waals surface area contributed by atoms with Gasteiger partial charge in [-0.2, -0.15) is 5.26 Å². The number of hydrogen-bond donors (Lipinski definition) is 0. The molecule has 0 aliphatic carbocycles. The van der Waals surface area contributed by atoms with E-state index in [1.807, 2.05) is 25.1 Å². The van der Waals surface area contributed by atoms with Gasteiger partial charge in [-0.05, 0) is 19.1 Å². The zero-order valence-corrected chi connectivity index (χ0v) is 12.5. The molecule has 2 heterocycles. The van der Waals surface area contributed by atoms with Gasteiger partial charge in [-0.15, -0.1) is 0 Å². The van der Waals surface area contributed by atoms with E-state index in [-0.39, 0.29) is 18.2 Å². The number of nitriles is 1. The van der Waals surface area contributed by atoms with Crippen molar-refractivity contribution in [3.8, 4) is 6.07 Å². The monoisotopic (exact) mass is 298 g/mol. The van der Waals surface area contributed by atoms with Crippen LogP contribution in [0.2, 0.25) is 0 Å². The van der Waals surface area contributed by atoms with Gasteiger partial charge in [0.05, 0.1) is 36.2 Å². The largest absolute Gasteiger partial charge is 0.376 e. The molecular formula is C16H18N4O2. The number of aromatic nitrogens is 2. The Kier molecular flexibility index (Phi) is 4.18. The molecule has 1 aromatic heterocycles. The van der Waals surface area contributed by atoms with Crippen molar-refractivity contribution >= 4 is 10.9 Å². The van der Waals surface area contributed by atoms with E-state index in [9.17, 15) is 4.79 Å². The van der Waals surface area contributed by atoms with E-state index < -0.39 is 0 Å². The van der Waals surface area contributed by atoms with Crippen molar-refractivity contribution in [1.82, 2.24) is 14.5 Å². The fraction of sp³-hybridized carbons (Fsp3) is 0.438. The maximum absolute atomic E-state index is 12.6. The van der Waals surface area contributed by atoms with Crippen molar-refractivity contribution < 1.29 is 4.74 Å². The van der Waals surface area contributed by atoms with E-state index in [2.05, 4.69) is 16.0 Å². The lowest BCUT2D eigenvalue weighted by Gasteiger charge is -2.31. The van der Waals surface area contributed by atoms with Crippen LogP contribution in [0.4, 0.5) is 0 Å². The van der Waals surface area contributed by atoms with Crippen LogP contribution in [0.3, 0.4) is 0 Å². The number of nitrogens with zero attached hydrogens (tertiary/aromatic N) is 4. The van der Waals surface area contributed by atoms with Gasteiger partial charge in [0.15, 0.2) is 0 Å². The fourth-order valence-electron chi connectivity index (χ4n) is 2.80. The van der Waals surface area contributed by atoms with Gasteiger partial charge in [-0.3, -0.25) is 14.3 Å². The summed E-state index contributed by atoms with van der Waals surface area (Å²) in [6.07, 6.45) is 0.172. The summed E-state index contributed by atoms with van der Waals surface area (Å²) in [6.45, 7) is 4.88. The van der Waals surface area contributed by atoms with Gasteiger partial charge in [-0.25, -0.2) is 4.98 Å². The van der Waals surface area contributed by atoms with E-state index in [1.54, 1.807) is 6.07 Å². The first kappa shape index (κ1) is 14.7. The molecule has 1 aliphatic heterocycles. The Morgan fingerprint density at radius 1 is 1.45 bits per heavy atom. The summed E-state index contributed by atoms with van der Waals surface area (Å²) in [5, 5.41) is 9.57. The van der Waals surface area contributed by atoms with Crippen molar-refractivity contribution in [2.24, 2.45) is 0 Å². The lowest BCUT2D eigenvalue weighted by molar-refractivity contribution is -0.0223. The van der Waals surface area contributed by atoms with Crippen LogP contribution in [0, 0.1) is 11.3 Å². The molecule has 6 nitrogen and oxygen atoms in total. The van der Waals surface area contributed by atoms with Crippen molar-refractivity contribution in [2.75, 3.05) is 19.7 Å². The third-order valence-corrected chi connectivity index (χ3v) is 3.86. The molecule has 0 bridgehead atoms. The molecule has 2 aromatic rings. The second-order valence-corrected chi connectivity index (χ2v) is 5.51. The Balaban J connectivity index is 2.01. The number of benzene rings is 1. The third-order valence-electron chi connectivity index (χ3n) is 3.86. The number of fused-ring (bicyclic) bond motifs is 1. The minimum Gasteiger partial charge on any atom is -0.376 e. The molecule has 1 fully saturated rings. The maximum Gasteiger partial charge on any atom is 0.262 e. The van der Waals surface area contributed by atoms with Gasteiger partial charge < -0.3 is 4.74 Å². The highest BCUT2D eigenvalue weighted by atomic mass is 16.5. The van der Waals surface area contributed by atoms with E-state index in [0.717, 1.165) is 13.1 Å². The average Bonchev–Trinajstić information content (AvgIpc) is 2.51. The molecule has 1 aromatic carbocycles. The summed E-state index contributed by atoms with van der Waals surface area (Å²) in [4.78, 5) is 19.4. The number of para-hydroxylation sites is 1. The predicted molar refractivity (Wildman–Crippen MR) is 82.3 cm³/mol. The Morgan fingerprint density at radius 3 is 3.05 bits per heavy atom. The SMILES string of the molecule is C[C@H]1CN(Cc2nc3ccccc3c(=O)n2CC#N)CCO1. The number of rotatable bonds is 3. The predicted octanol–water partition coefficient (Wildman–Crippen LogP) is 1.14. The van der Waals surface area contributed by atoms with Crippen LogP contribution >= 0.6 is 0 Å². The zero-order valence-electron chi connectivity index (χ0n) is 12.5. The first-order valence-electron chi connectivity index (χ1n) is 7.38. The summed E-state index contributed by atoms with van der Waals surface area (Å²) in [6, 6.07) is 9.31. The molecule has 0 unspecified atom stereocenters. The lowest BCUT2D eigenvalue weighted by Crippen LogP contribution is -2.42. The highest BCUT2D eigenvalue weighted by molar-refractivity contribution is 5.77. The molecular weight excluding hydrogens is 280 g/mol. The van der Waals surface area contributed by atoms with E-state index >= 15 is 0 Å². The van der Waals surface area contributed by atoms with E-state index in [0.29, 0.717) is 29.9 Å². The lowest BCUT2D eigenvalue weighted by atomic mass is 10.2. The van der Waals surface area contributed by atoms with Gasteiger partial charge >= 0.3 is 0 Å². The smallest absolute Gasteiger partial charge is 0.262 e. The Hall–Kier alpha value is -2.23. The summed E-state index contributed by atoms with van der Waals surface area (Å²) < 4.78 is 7.01. The molecule has 0 radical (unpaired) electrons. The third kappa shape index (κ3) is 2.86. The van der Waals surface area contributed by atoms with E-state index in [1.165, 1.54) is 4.57 Å². The van der Waals surface area contributed by atoms with Crippen LogP contribution in [0.5, 0.6) is 0 Å². The van der Waals surface area contributed by atoms with Crippen LogP contribution in [-0.4, -0.2) is 40.3 Å². The highest BCUT2D eigenvalue weighted by Crippen LogP contribution is 2.12. The molecule has 6 heteroatoms. The molecule has 114 valence electrons. The number of ether oxygens (including phenoxy) is 1. The standard InChI is InChI=1S/C16H18N4O2/c1-12-10-19(8-9-22-12)11-15-18-14-5-3-2-4-13(14)16(21)20(15)7-6-17/h2-5,12H,7-11H2,1H3/t12-/m0/s1. The molecule has 3 rings (SSSR count). The molecule has 0 N–H and O–H groups in total. The minimum atomic E-state index is -0.150. The van der Waals surface area contributed by atoms with Crippen molar-refractivity contribution in [1.29, 1.82) is 5.26 Å². The zero-order chi connectivity index (χ0) is 15.5. The quantitative estimate of drug-likeness (QED) is 0.850. The van der Waals surface area contributed by atoms with Gasteiger partial charge in [0, 0.05) is 13.1 Å². The van der Waals surface area contributed by atoms with Crippen molar-refractivity contribution in [2.45, 2.75) is 26.1 Å². The van der Waals surface area contributed by atoms with Gasteiger partial charge in [0.25, 0.3) is 5.56 Å². The van der Waals surface area contributed by atoms with Gasteiger partial charge in [-0.1, -0.05) is 12.1 Å². The van der Waals surface area contributed by atoms with Crippen LogP contribution in [-0.2, 0) is 17.8 Å². The topological polar surface area (TPSA) is 71.2 Å². The summed E-state index contributed by atoms with van der Waals surface area (Å²) >= 11 is 0. The van der Waals surface area contributed by atoms with Crippen molar-refractivity contribution in [3.63, 3.8) is 0 Å². The minimum absolute atomic E-state index is 0.0197. The Bertz CT molecular complexity index is 778. The van der Waals surface area contributed by atoms with E-state index in [4.69, 9.17) is 10.00 Å². The molecule has 0 amide bonds. The first-order chi connectivity index (χ1) is 10.7. The molecule has 0 saturated carbocycles. The normalized spacial score (nSPS) is 19.2. The fourth-order valence-corrected chi connectivity index (χ4v) is 2.80. The van der Waals surface area contributed by atoms with Crippen LogP contribution in [0.25, 0.3) is 10.9 Å². The Labute approximate surface area is 128 Å². The highest BCUT2D eigenvalue weighted by Gasteiger charge is 2.19. The van der Waals surface area contributed by atoms with Crippen molar-refractivity contribution in [3.05, 3.63) is 40.4 Å². The second-order valence-electron chi connectivity index (χ2n) is 5.51. The summed E-state index contributed by atoms with van der Waals surface area (Å²) in [5.41, 5.74) is 0.529. The van der Waals surface area contributed by atoms with Gasteiger partial charge in [0.1, 0.15) is 12.4 Å². The average molecular weight is 298 g/mol. The molecule has 1 saturated heterocycles. The van der Waals surface area contributed by atoms with Crippen LogP contribution in [0.15, 0.2) is 29.1 Å². The molecule has 1 atom stereocenters.